The predicted molar refractivity (Wildman–Crippen MR) is 89.5 cm³/mol. The van der Waals surface area contributed by atoms with Crippen molar-refractivity contribution in [3.8, 4) is 5.75 Å². The van der Waals surface area contributed by atoms with E-state index in [9.17, 15) is 4.79 Å². The summed E-state index contributed by atoms with van der Waals surface area (Å²) in [7, 11) is 1.80. The van der Waals surface area contributed by atoms with Gasteiger partial charge in [0.25, 0.3) is 0 Å². The lowest BCUT2D eigenvalue weighted by atomic mass is 10.3. The van der Waals surface area contributed by atoms with Crippen LogP contribution in [-0.2, 0) is 11.3 Å². The number of amides is 1. The minimum atomic E-state index is 0.0587. The summed E-state index contributed by atoms with van der Waals surface area (Å²) in [6.07, 6.45) is 0.345. The first-order valence-corrected chi connectivity index (χ1v) is 8.17. The summed E-state index contributed by atoms with van der Waals surface area (Å²) < 4.78 is 6.58. The molecule has 1 aromatic heterocycles. The fraction of sp³-hybridized carbons (Fsp3) is 0.267. The van der Waals surface area contributed by atoms with Crippen LogP contribution in [-0.4, -0.2) is 24.5 Å². The third-order valence-corrected chi connectivity index (χ3v) is 4.57. The molecular formula is C15H17BrN2O2S. The second kappa shape index (κ2) is 7.47. The van der Waals surface area contributed by atoms with Crippen molar-refractivity contribution in [3.63, 3.8) is 0 Å². The Hall–Kier alpha value is -1.53. The van der Waals surface area contributed by atoms with Crippen molar-refractivity contribution < 1.29 is 9.53 Å². The Labute approximate surface area is 136 Å². The second-order valence-corrected chi connectivity index (χ2v) is 6.56. The molecule has 0 spiro atoms. The molecular weight excluding hydrogens is 352 g/mol. The second-order valence-electron chi connectivity index (χ2n) is 4.65. The first-order chi connectivity index (χ1) is 10.0. The highest BCUT2D eigenvalue weighted by atomic mass is 79.9. The Morgan fingerprint density at radius 2 is 2.24 bits per heavy atom. The van der Waals surface area contributed by atoms with Crippen LogP contribution in [0.25, 0.3) is 0 Å². The zero-order valence-electron chi connectivity index (χ0n) is 11.7. The van der Waals surface area contributed by atoms with Crippen LogP contribution >= 0.6 is 27.3 Å². The maximum absolute atomic E-state index is 12.0. The van der Waals surface area contributed by atoms with E-state index in [4.69, 9.17) is 10.5 Å². The van der Waals surface area contributed by atoms with Gasteiger partial charge in [0, 0.05) is 33.5 Å². The lowest BCUT2D eigenvalue weighted by Gasteiger charge is -2.16. The van der Waals surface area contributed by atoms with Crippen molar-refractivity contribution in [2.45, 2.75) is 13.0 Å². The molecule has 112 valence electrons. The van der Waals surface area contributed by atoms with Gasteiger partial charge in [-0.2, -0.15) is 0 Å². The summed E-state index contributed by atoms with van der Waals surface area (Å²) in [5.74, 6) is 0.746. The number of carbonyl (C=O) groups is 1. The molecule has 0 atom stereocenters. The molecule has 2 aromatic rings. The van der Waals surface area contributed by atoms with Crippen molar-refractivity contribution in [3.05, 3.63) is 45.1 Å². The Bertz CT molecular complexity index is 615. The number of hydrogen-bond donors (Lipinski definition) is 1. The number of ether oxygens (including phenoxy) is 1. The molecule has 1 aromatic carbocycles. The minimum Gasteiger partial charge on any atom is -0.493 e. The van der Waals surface area contributed by atoms with E-state index in [0.29, 0.717) is 31.0 Å². The molecule has 0 aliphatic carbocycles. The fourth-order valence-electron chi connectivity index (χ4n) is 1.81. The molecule has 1 amide bonds. The SMILES string of the molecule is CN(Cc1cc(Br)cs1)C(=O)CCOc1cccc(N)c1. The summed E-state index contributed by atoms with van der Waals surface area (Å²) >= 11 is 5.04. The number of carbonyl (C=O) groups excluding carboxylic acids is 1. The predicted octanol–water partition coefficient (Wildman–Crippen LogP) is 3.52. The van der Waals surface area contributed by atoms with E-state index >= 15 is 0 Å². The van der Waals surface area contributed by atoms with Gasteiger partial charge in [-0.3, -0.25) is 4.79 Å². The van der Waals surface area contributed by atoms with Crippen LogP contribution in [0.1, 0.15) is 11.3 Å². The van der Waals surface area contributed by atoms with Crippen LogP contribution in [0.5, 0.6) is 5.75 Å². The molecule has 0 radical (unpaired) electrons. The minimum absolute atomic E-state index is 0.0587. The standard InChI is InChI=1S/C15H17BrN2O2S/c1-18(9-14-7-11(16)10-21-14)15(19)5-6-20-13-4-2-3-12(17)8-13/h2-4,7-8,10H,5-6,9,17H2,1H3. The lowest BCUT2D eigenvalue weighted by Crippen LogP contribution is -2.27. The normalized spacial score (nSPS) is 10.4. The molecule has 0 unspecified atom stereocenters. The van der Waals surface area contributed by atoms with E-state index in [1.54, 1.807) is 35.4 Å². The summed E-state index contributed by atoms with van der Waals surface area (Å²) in [6, 6.07) is 9.22. The number of nitrogen functional groups attached to an aromatic ring is 1. The number of benzene rings is 1. The molecule has 4 nitrogen and oxygen atoms in total. The van der Waals surface area contributed by atoms with Gasteiger partial charge in [0.05, 0.1) is 19.6 Å². The lowest BCUT2D eigenvalue weighted by molar-refractivity contribution is -0.130. The first-order valence-electron chi connectivity index (χ1n) is 6.50. The zero-order chi connectivity index (χ0) is 15.2. The Morgan fingerprint density at radius 1 is 1.43 bits per heavy atom. The summed E-state index contributed by atoms with van der Waals surface area (Å²) in [5, 5.41) is 2.01. The molecule has 0 fully saturated rings. The van der Waals surface area contributed by atoms with Crippen LogP contribution in [0, 0.1) is 0 Å². The van der Waals surface area contributed by atoms with Crippen molar-refractivity contribution in [1.82, 2.24) is 4.90 Å². The van der Waals surface area contributed by atoms with Gasteiger partial charge in [0.1, 0.15) is 5.75 Å². The van der Waals surface area contributed by atoms with E-state index in [0.717, 1.165) is 9.35 Å². The van der Waals surface area contributed by atoms with Gasteiger partial charge >= 0.3 is 0 Å². The molecule has 2 N–H and O–H groups in total. The van der Waals surface area contributed by atoms with Crippen LogP contribution in [0.2, 0.25) is 0 Å². The monoisotopic (exact) mass is 368 g/mol. The summed E-state index contributed by atoms with van der Waals surface area (Å²) in [5.41, 5.74) is 6.32. The molecule has 0 bridgehead atoms. The number of halogens is 1. The average molecular weight is 369 g/mol. The Balaban J connectivity index is 1.76. The molecule has 2 rings (SSSR count). The van der Waals surface area contributed by atoms with Crippen LogP contribution in [0.3, 0.4) is 0 Å². The van der Waals surface area contributed by atoms with E-state index in [-0.39, 0.29) is 5.91 Å². The maximum Gasteiger partial charge on any atom is 0.226 e. The van der Waals surface area contributed by atoms with Crippen molar-refractivity contribution >= 4 is 38.9 Å². The van der Waals surface area contributed by atoms with Gasteiger partial charge in [0.2, 0.25) is 5.91 Å². The third-order valence-electron chi connectivity index (χ3n) is 2.88. The number of thiophene rings is 1. The molecule has 0 aliphatic rings. The Kier molecular flexibility index (Phi) is 5.64. The highest BCUT2D eigenvalue weighted by Crippen LogP contribution is 2.21. The quantitative estimate of drug-likeness (QED) is 0.793. The average Bonchev–Trinajstić information content (AvgIpc) is 2.84. The summed E-state index contributed by atoms with van der Waals surface area (Å²) in [6.45, 7) is 0.966. The van der Waals surface area contributed by atoms with Crippen LogP contribution in [0.4, 0.5) is 5.69 Å². The number of nitrogens with zero attached hydrogens (tertiary/aromatic N) is 1. The van der Waals surface area contributed by atoms with Crippen molar-refractivity contribution in [1.29, 1.82) is 0 Å². The molecule has 1 heterocycles. The zero-order valence-corrected chi connectivity index (χ0v) is 14.1. The van der Waals surface area contributed by atoms with Crippen molar-refractivity contribution in [2.24, 2.45) is 0 Å². The van der Waals surface area contributed by atoms with Gasteiger partial charge in [-0.05, 0) is 34.1 Å². The smallest absolute Gasteiger partial charge is 0.226 e. The highest BCUT2D eigenvalue weighted by Gasteiger charge is 2.10. The summed E-state index contributed by atoms with van der Waals surface area (Å²) in [4.78, 5) is 14.9. The highest BCUT2D eigenvalue weighted by molar-refractivity contribution is 9.10. The molecule has 0 aliphatic heterocycles. The Morgan fingerprint density at radius 3 is 2.90 bits per heavy atom. The number of hydrogen-bond acceptors (Lipinski definition) is 4. The number of anilines is 1. The maximum atomic E-state index is 12.0. The molecule has 0 saturated heterocycles. The fourth-order valence-corrected chi connectivity index (χ4v) is 3.31. The van der Waals surface area contributed by atoms with E-state index in [2.05, 4.69) is 15.9 Å². The van der Waals surface area contributed by atoms with Crippen LogP contribution in [0.15, 0.2) is 40.2 Å². The largest absolute Gasteiger partial charge is 0.493 e. The first kappa shape index (κ1) is 15.9. The van der Waals surface area contributed by atoms with E-state index in [1.807, 2.05) is 23.6 Å². The van der Waals surface area contributed by atoms with Gasteiger partial charge in [-0.1, -0.05) is 6.07 Å². The van der Waals surface area contributed by atoms with Gasteiger partial charge in [-0.15, -0.1) is 11.3 Å². The molecule has 0 saturated carbocycles. The van der Waals surface area contributed by atoms with E-state index < -0.39 is 0 Å². The van der Waals surface area contributed by atoms with Gasteiger partial charge in [0.15, 0.2) is 0 Å². The van der Waals surface area contributed by atoms with Gasteiger partial charge in [-0.25, -0.2) is 0 Å². The van der Waals surface area contributed by atoms with E-state index in [1.165, 1.54) is 0 Å². The van der Waals surface area contributed by atoms with Gasteiger partial charge < -0.3 is 15.4 Å². The van der Waals surface area contributed by atoms with Crippen molar-refractivity contribution in [2.75, 3.05) is 19.4 Å². The molecule has 21 heavy (non-hydrogen) atoms. The topological polar surface area (TPSA) is 55.6 Å². The molecule has 6 heteroatoms. The van der Waals surface area contributed by atoms with Crippen LogP contribution < -0.4 is 10.5 Å². The number of rotatable bonds is 6. The number of nitrogens with two attached hydrogens (primary N) is 1. The third kappa shape index (κ3) is 5.06.